The molecule has 2 heteroatoms. The molecular weight excluding hydrogens is 117 g/mol. The zero-order valence-electron chi connectivity index (χ0n) is 6.08. The number of allylic oxidation sites excluding steroid dienone is 1. The lowest BCUT2D eigenvalue weighted by atomic mass is 10.2. The van der Waals surface area contributed by atoms with Gasteiger partial charge < -0.3 is 5.32 Å². The van der Waals surface area contributed by atoms with Crippen molar-refractivity contribution in [3.8, 4) is 0 Å². The third-order valence-corrected chi connectivity index (χ3v) is 0.996. The van der Waals surface area contributed by atoms with Crippen molar-refractivity contribution in [3.63, 3.8) is 0 Å². The molecule has 1 N–H and O–H groups in total. The van der Waals surface area contributed by atoms with E-state index in [9.17, 15) is 4.39 Å². The third kappa shape index (κ3) is 5.50. The summed E-state index contributed by atoms with van der Waals surface area (Å²) in [5.41, 5.74) is 0.901. The van der Waals surface area contributed by atoms with Gasteiger partial charge in [0.25, 0.3) is 0 Å². The summed E-state index contributed by atoms with van der Waals surface area (Å²) in [7, 11) is 1.74. The Labute approximate surface area is 56.0 Å². The van der Waals surface area contributed by atoms with E-state index in [1.54, 1.807) is 7.05 Å². The fourth-order valence-electron chi connectivity index (χ4n) is 0.672. The molecule has 0 rings (SSSR count). The Morgan fingerprint density at radius 1 is 1.78 bits per heavy atom. The lowest BCUT2D eigenvalue weighted by molar-refractivity contribution is 0.324. The van der Waals surface area contributed by atoms with Crippen molar-refractivity contribution in [2.45, 2.75) is 19.5 Å². The van der Waals surface area contributed by atoms with Crippen LogP contribution in [0.15, 0.2) is 12.2 Å². The summed E-state index contributed by atoms with van der Waals surface area (Å²) >= 11 is 0. The van der Waals surface area contributed by atoms with Gasteiger partial charge in [-0.3, -0.25) is 0 Å². The van der Waals surface area contributed by atoms with Gasteiger partial charge in [0.15, 0.2) is 0 Å². The van der Waals surface area contributed by atoms with Crippen molar-refractivity contribution >= 4 is 0 Å². The molecule has 0 spiro atoms. The van der Waals surface area contributed by atoms with Crippen LogP contribution in [0.4, 0.5) is 4.39 Å². The second-order valence-electron chi connectivity index (χ2n) is 2.32. The summed E-state index contributed by atoms with van der Waals surface area (Å²) in [6, 6.07) is 0. The molecule has 0 fully saturated rings. The third-order valence-electron chi connectivity index (χ3n) is 0.996. The summed E-state index contributed by atoms with van der Waals surface area (Å²) in [4.78, 5) is 0. The Balaban J connectivity index is 3.26. The van der Waals surface area contributed by atoms with Crippen molar-refractivity contribution in [2.24, 2.45) is 0 Å². The van der Waals surface area contributed by atoms with Crippen LogP contribution >= 0.6 is 0 Å². The van der Waals surface area contributed by atoms with Gasteiger partial charge in [-0.25, -0.2) is 4.39 Å². The van der Waals surface area contributed by atoms with Crippen LogP contribution in [0.3, 0.4) is 0 Å². The molecule has 9 heavy (non-hydrogen) atoms. The Kier molecular flexibility index (Phi) is 4.32. The minimum absolute atomic E-state index is 0.423. The number of halogens is 1. The van der Waals surface area contributed by atoms with Crippen molar-refractivity contribution < 1.29 is 4.39 Å². The predicted molar refractivity (Wildman–Crippen MR) is 38.3 cm³/mol. The van der Waals surface area contributed by atoms with Crippen LogP contribution in [0.5, 0.6) is 0 Å². The summed E-state index contributed by atoms with van der Waals surface area (Å²) in [5, 5.41) is 2.76. The molecule has 0 aromatic rings. The summed E-state index contributed by atoms with van der Waals surface area (Å²) in [5.74, 6) is 0. The quantitative estimate of drug-likeness (QED) is 0.570. The van der Waals surface area contributed by atoms with E-state index in [2.05, 4.69) is 11.9 Å². The smallest absolute Gasteiger partial charge is 0.116 e. The molecule has 1 nitrogen and oxygen atoms in total. The van der Waals surface area contributed by atoms with Crippen LogP contribution in [0.2, 0.25) is 0 Å². The first-order chi connectivity index (χ1) is 4.16. The molecule has 0 bridgehead atoms. The van der Waals surface area contributed by atoms with E-state index in [1.807, 2.05) is 6.92 Å². The van der Waals surface area contributed by atoms with Crippen LogP contribution in [0, 0.1) is 0 Å². The van der Waals surface area contributed by atoms with Crippen LogP contribution < -0.4 is 5.32 Å². The van der Waals surface area contributed by atoms with E-state index in [0.717, 1.165) is 5.57 Å². The maximum absolute atomic E-state index is 12.5. The zero-order chi connectivity index (χ0) is 7.28. The highest BCUT2D eigenvalue weighted by Crippen LogP contribution is 2.03. The van der Waals surface area contributed by atoms with Gasteiger partial charge >= 0.3 is 0 Å². The molecule has 0 saturated carbocycles. The maximum Gasteiger partial charge on any atom is 0.116 e. The average Bonchev–Trinajstić information content (AvgIpc) is 1.63. The number of nitrogens with one attached hydrogen (secondary N) is 1. The highest BCUT2D eigenvalue weighted by atomic mass is 19.1. The van der Waals surface area contributed by atoms with Crippen molar-refractivity contribution in [2.75, 3.05) is 13.6 Å². The first-order valence-electron chi connectivity index (χ1n) is 3.10. The summed E-state index contributed by atoms with van der Waals surface area (Å²) < 4.78 is 12.5. The second kappa shape index (κ2) is 4.50. The molecule has 54 valence electrons. The Bertz CT molecular complexity index is 90.9. The van der Waals surface area contributed by atoms with E-state index in [4.69, 9.17) is 0 Å². The fourth-order valence-corrected chi connectivity index (χ4v) is 0.672. The first-order valence-corrected chi connectivity index (χ1v) is 3.10. The first kappa shape index (κ1) is 8.63. The number of hydrogen-bond donors (Lipinski definition) is 1. The monoisotopic (exact) mass is 131 g/mol. The van der Waals surface area contributed by atoms with Gasteiger partial charge in [0, 0.05) is 13.0 Å². The van der Waals surface area contributed by atoms with Gasteiger partial charge in [-0.2, -0.15) is 0 Å². The SMILES string of the molecule is C=C(C)C[C@H](F)CNC. The minimum atomic E-state index is -0.771. The molecule has 0 radical (unpaired) electrons. The van der Waals surface area contributed by atoms with Gasteiger partial charge in [-0.1, -0.05) is 5.57 Å². The molecule has 0 aliphatic carbocycles. The lowest BCUT2D eigenvalue weighted by Crippen LogP contribution is -2.19. The number of rotatable bonds is 4. The summed E-state index contributed by atoms with van der Waals surface area (Å²) in [6.45, 7) is 5.87. The van der Waals surface area contributed by atoms with E-state index >= 15 is 0 Å². The van der Waals surface area contributed by atoms with Crippen LogP contribution in [0.25, 0.3) is 0 Å². The highest BCUT2D eigenvalue weighted by molar-refractivity contribution is 4.90. The van der Waals surface area contributed by atoms with Crippen molar-refractivity contribution in [1.29, 1.82) is 0 Å². The van der Waals surface area contributed by atoms with Crippen molar-refractivity contribution in [1.82, 2.24) is 5.32 Å². The van der Waals surface area contributed by atoms with Gasteiger partial charge in [-0.05, 0) is 14.0 Å². The van der Waals surface area contributed by atoms with Gasteiger partial charge in [0.2, 0.25) is 0 Å². The molecule has 0 heterocycles. The molecule has 0 aliphatic heterocycles. The van der Waals surface area contributed by atoms with E-state index < -0.39 is 6.17 Å². The minimum Gasteiger partial charge on any atom is -0.317 e. The van der Waals surface area contributed by atoms with Crippen LogP contribution in [-0.4, -0.2) is 19.8 Å². The second-order valence-corrected chi connectivity index (χ2v) is 2.32. The summed E-state index contributed by atoms with van der Waals surface area (Å²) in [6.07, 6.45) is -0.298. The predicted octanol–water partition coefficient (Wildman–Crippen LogP) is 1.51. The molecule has 0 saturated heterocycles. The lowest BCUT2D eigenvalue weighted by Gasteiger charge is -2.05. The molecule has 0 aromatic heterocycles. The van der Waals surface area contributed by atoms with E-state index in [0.29, 0.717) is 13.0 Å². The Morgan fingerprint density at radius 2 is 2.33 bits per heavy atom. The largest absolute Gasteiger partial charge is 0.317 e. The number of alkyl halides is 1. The highest BCUT2D eigenvalue weighted by Gasteiger charge is 2.02. The fraction of sp³-hybridized carbons (Fsp3) is 0.714. The van der Waals surface area contributed by atoms with E-state index in [1.165, 1.54) is 0 Å². The number of hydrogen-bond acceptors (Lipinski definition) is 1. The average molecular weight is 131 g/mol. The molecule has 0 aromatic carbocycles. The molecule has 0 amide bonds. The standard InChI is InChI=1S/C7H14FN/c1-6(2)4-7(8)5-9-3/h7,9H,1,4-5H2,2-3H3/t7-/m0/s1. The topological polar surface area (TPSA) is 12.0 Å². The Hall–Kier alpha value is -0.370. The normalized spacial score (nSPS) is 13.2. The van der Waals surface area contributed by atoms with Gasteiger partial charge in [0.05, 0.1) is 0 Å². The van der Waals surface area contributed by atoms with Gasteiger partial charge in [0.1, 0.15) is 6.17 Å². The molecule has 0 aliphatic rings. The van der Waals surface area contributed by atoms with Gasteiger partial charge in [-0.15, -0.1) is 6.58 Å². The van der Waals surface area contributed by atoms with Crippen molar-refractivity contribution in [3.05, 3.63) is 12.2 Å². The molecule has 1 atom stereocenters. The maximum atomic E-state index is 12.5. The van der Waals surface area contributed by atoms with Crippen LogP contribution in [-0.2, 0) is 0 Å². The Morgan fingerprint density at radius 3 is 2.67 bits per heavy atom. The molecular formula is C7H14FN. The zero-order valence-corrected chi connectivity index (χ0v) is 6.08. The van der Waals surface area contributed by atoms with Crippen LogP contribution in [0.1, 0.15) is 13.3 Å². The van der Waals surface area contributed by atoms with E-state index in [-0.39, 0.29) is 0 Å². The molecule has 0 unspecified atom stereocenters.